The molecule has 18 heavy (non-hydrogen) atoms. The van der Waals surface area contributed by atoms with E-state index in [0.717, 1.165) is 5.69 Å². The van der Waals surface area contributed by atoms with Crippen LogP contribution in [-0.4, -0.2) is 38.0 Å². The van der Waals surface area contributed by atoms with E-state index in [-0.39, 0.29) is 12.5 Å². The second-order valence-corrected chi connectivity index (χ2v) is 4.19. The largest absolute Gasteiger partial charge is 0.397 e. The maximum atomic E-state index is 11.7. The quantitative estimate of drug-likeness (QED) is 0.806. The number of hydrogen-bond donors (Lipinski definition) is 1. The Morgan fingerprint density at radius 3 is 2.56 bits per heavy atom. The molecule has 5 heteroatoms. The number of rotatable bonds is 4. The molecule has 0 aliphatic heterocycles. The fraction of sp³-hybridized carbons (Fsp3) is 0.385. The summed E-state index contributed by atoms with van der Waals surface area (Å²) in [7, 11) is 3.44. The van der Waals surface area contributed by atoms with Gasteiger partial charge in [-0.25, -0.2) is 0 Å². The molecule has 1 amide bonds. The molecule has 0 saturated carbocycles. The molecule has 0 aliphatic carbocycles. The Labute approximate surface area is 107 Å². The normalized spacial score (nSPS) is 9.67. The zero-order valence-electron chi connectivity index (χ0n) is 11.0. The lowest BCUT2D eigenvalue weighted by Gasteiger charge is -2.25. The highest BCUT2D eigenvalue weighted by molar-refractivity contribution is 5.83. The van der Waals surface area contributed by atoms with Crippen LogP contribution in [0, 0.1) is 11.3 Å². The van der Waals surface area contributed by atoms with Crippen LogP contribution in [0.4, 0.5) is 11.4 Å². The number of likely N-dealkylation sites (N-methyl/N-ethyl adjacent to an activating group) is 2. The number of anilines is 2. The van der Waals surface area contributed by atoms with E-state index in [0.29, 0.717) is 17.8 Å². The monoisotopic (exact) mass is 246 g/mol. The van der Waals surface area contributed by atoms with Crippen molar-refractivity contribution in [1.29, 1.82) is 5.26 Å². The Kier molecular flexibility index (Phi) is 4.55. The molecule has 0 spiro atoms. The van der Waals surface area contributed by atoms with E-state index >= 15 is 0 Å². The molecule has 0 bridgehead atoms. The molecule has 2 N–H and O–H groups in total. The van der Waals surface area contributed by atoms with Gasteiger partial charge in [-0.2, -0.15) is 5.26 Å². The van der Waals surface area contributed by atoms with Crippen LogP contribution in [-0.2, 0) is 4.79 Å². The summed E-state index contributed by atoms with van der Waals surface area (Å²) in [5, 5.41) is 8.79. The van der Waals surface area contributed by atoms with Crippen LogP contribution in [0.5, 0.6) is 0 Å². The lowest BCUT2D eigenvalue weighted by atomic mass is 10.1. The van der Waals surface area contributed by atoms with Gasteiger partial charge in [0.15, 0.2) is 0 Å². The molecule has 0 saturated heterocycles. The fourth-order valence-electron chi connectivity index (χ4n) is 1.58. The second kappa shape index (κ2) is 5.92. The van der Waals surface area contributed by atoms with Gasteiger partial charge < -0.3 is 15.5 Å². The van der Waals surface area contributed by atoms with Crippen molar-refractivity contribution in [3.05, 3.63) is 23.8 Å². The second-order valence-electron chi connectivity index (χ2n) is 4.19. The smallest absolute Gasteiger partial charge is 0.241 e. The van der Waals surface area contributed by atoms with Gasteiger partial charge in [0.1, 0.15) is 0 Å². The summed E-state index contributed by atoms with van der Waals surface area (Å²) < 4.78 is 0. The number of nitrogens with zero attached hydrogens (tertiary/aromatic N) is 3. The van der Waals surface area contributed by atoms with Gasteiger partial charge in [-0.15, -0.1) is 0 Å². The summed E-state index contributed by atoms with van der Waals surface area (Å²) in [5.74, 6) is 0.0145. The number of nitriles is 1. The maximum absolute atomic E-state index is 11.7. The summed E-state index contributed by atoms with van der Waals surface area (Å²) in [4.78, 5) is 15.1. The van der Waals surface area contributed by atoms with Gasteiger partial charge in [-0.3, -0.25) is 4.79 Å². The molecule has 5 nitrogen and oxygen atoms in total. The first kappa shape index (κ1) is 13.8. The van der Waals surface area contributed by atoms with Crippen LogP contribution in [0.1, 0.15) is 12.5 Å². The molecule has 1 aromatic rings. The van der Waals surface area contributed by atoms with Crippen LogP contribution < -0.4 is 10.6 Å². The average molecular weight is 246 g/mol. The Balaban J connectivity index is 2.96. The van der Waals surface area contributed by atoms with Crippen molar-refractivity contribution >= 4 is 17.3 Å². The van der Waals surface area contributed by atoms with Crippen LogP contribution in [0.15, 0.2) is 18.2 Å². The molecule has 0 unspecified atom stereocenters. The van der Waals surface area contributed by atoms with Gasteiger partial charge in [-0.05, 0) is 25.1 Å². The molecule has 0 fully saturated rings. The number of amides is 1. The minimum Gasteiger partial charge on any atom is -0.397 e. The average Bonchev–Trinajstić information content (AvgIpc) is 2.35. The van der Waals surface area contributed by atoms with Gasteiger partial charge >= 0.3 is 0 Å². The van der Waals surface area contributed by atoms with Crippen molar-refractivity contribution in [2.45, 2.75) is 6.92 Å². The van der Waals surface area contributed by atoms with E-state index < -0.39 is 0 Å². The van der Waals surface area contributed by atoms with E-state index in [4.69, 9.17) is 11.0 Å². The Bertz CT molecular complexity index is 476. The summed E-state index contributed by atoms with van der Waals surface area (Å²) in [5.41, 5.74) is 7.73. The van der Waals surface area contributed by atoms with E-state index in [1.54, 1.807) is 37.2 Å². The van der Waals surface area contributed by atoms with Crippen molar-refractivity contribution in [3.8, 4) is 6.07 Å². The van der Waals surface area contributed by atoms with Crippen molar-refractivity contribution in [3.63, 3.8) is 0 Å². The lowest BCUT2D eigenvalue weighted by Crippen LogP contribution is -2.36. The van der Waals surface area contributed by atoms with E-state index in [9.17, 15) is 4.79 Å². The van der Waals surface area contributed by atoms with Gasteiger partial charge in [-0.1, -0.05) is 0 Å². The van der Waals surface area contributed by atoms with Gasteiger partial charge in [0.2, 0.25) is 5.91 Å². The first-order valence-electron chi connectivity index (χ1n) is 5.74. The first-order chi connectivity index (χ1) is 8.49. The molecule has 0 radical (unpaired) electrons. The van der Waals surface area contributed by atoms with Crippen molar-refractivity contribution in [2.24, 2.45) is 0 Å². The highest BCUT2D eigenvalue weighted by Gasteiger charge is 2.13. The number of carbonyl (C=O) groups is 1. The zero-order valence-corrected chi connectivity index (χ0v) is 11.0. The van der Waals surface area contributed by atoms with Crippen molar-refractivity contribution < 1.29 is 4.79 Å². The van der Waals surface area contributed by atoms with Crippen LogP contribution in [0.25, 0.3) is 0 Å². The SMILES string of the molecule is CCN(CC(=O)N(C)C)c1ccc(C#N)cc1N. The molecule has 0 aromatic heterocycles. The predicted octanol–water partition coefficient (Wildman–Crippen LogP) is 1.05. The topological polar surface area (TPSA) is 73.4 Å². The van der Waals surface area contributed by atoms with Crippen LogP contribution >= 0.6 is 0 Å². The maximum Gasteiger partial charge on any atom is 0.241 e. The third-order valence-electron chi connectivity index (χ3n) is 2.70. The highest BCUT2D eigenvalue weighted by atomic mass is 16.2. The van der Waals surface area contributed by atoms with E-state index in [2.05, 4.69) is 0 Å². The third-order valence-corrected chi connectivity index (χ3v) is 2.70. The van der Waals surface area contributed by atoms with Gasteiger partial charge in [0, 0.05) is 20.6 Å². The van der Waals surface area contributed by atoms with Crippen molar-refractivity contribution in [2.75, 3.05) is 37.8 Å². The van der Waals surface area contributed by atoms with Crippen LogP contribution in [0.3, 0.4) is 0 Å². The van der Waals surface area contributed by atoms with Gasteiger partial charge in [0.25, 0.3) is 0 Å². The number of hydrogen-bond acceptors (Lipinski definition) is 4. The number of benzene rings is 1. The number of nitrogens with two attached hydrogens (primary N) is 1. The fourth-order valence-corrected chi connectivity index (χ4v) is 1.58. The third kappa shape index (κ3) is 3.14. The molecule has 0 atom stereocenters. The predicted molar refractivity (Wildman–Crippen MR) is 72.2 cm³/mol. The lowest BCUT2D eigenvalue weighted by molar-refractivity contribution is -0.127. The summed E-state index contributed by atoms with van der Waals surface area (Å²) in [6.45, 7) is 2.91. The van der Waals surface area contributed by atoms with E-state index in [1.807, 2.05) is 17.9 Å². The van der Waals surface area contributed by atoms with Crippen molar-refractivity contribution in [1.82, 2.24) is 4.90 Å². The molecule has 0 aliphatic rings. The molecule has 0 heterocycles. The minimum absolute atomic E-state index is 0.0145. The molecule has 96 valence electrons. The summed E-state index contributed by atoms with van der Waals surface area (Å²) >= 11 is 0. The van der Waals surface area contributed by atoms with E-state index in [1.165, 1.54) is 0 Å². The Morgan fingerprint density at radius 1 is 1.44 bits per heavy atom. The highest BCUT2D eigenvalue weighted by Crippen LogP contribution is 2.24. The molecular weight excluding hydrogens is 228 g/mol. The summed E-state index contributed by atoms with van der Waals surface area (Å²) in [6.07, 6.45) is 0. The molecular formula is C13H18N4O. The Morgan fingerprint density at radius 2 is 2.11 bits per heavy atom. The first-order valence-corrected chi connectivity index (χ1v) is 5.74. The minimum atomic E-state index is 0.0145. The summed E-state index contributed by atoms with van der Waals surface area (Å²) in [6, 6.07) is 7.14. The molecule has 1 aromatic carbocycles. The Hall–Kier alpha value is -2.22. The van der Waals surface area contributed by atoms with Gasteiger partial charge in [0.05, 0.1) is 29.6 Å². The number of nitrogen functional groups attached to an aromatic ring is 1. The molecule has 1 rings (SSSR count). The zero-order chi connectivity index (χ0) is 13.7. The standard InChI is InChI=1S/C13H18N4O/c1-4-17(9-13(18)16(2)3)12-6-5-10(8-14)7-11(12)15/h5-7H,4,9,15H2,1-3H3. The number of carbonyl (C=O) groups excluding carboxylic acids is 1. The van der Waals surface area contributed by atoms with Crippen LogP contribution in [0.2, 0.25) is 0 Å².